The van der Waals surface area contributed by atoms with Gasteiger partial charge in [-0.1, -0.05) is 40.2 Å². The fourth-order valence-corrected chi connectivity index (χ4v) is 2.37. The lowest BCUT2D eigenvalue weighted by molar-refractivity contribution is 0.220. The number of urea groups is 1. The zero-order valence-electron chi connectivity index (χ0n) is 11.6. The molecule has 2 rings (SSSR count). The normalized spacial score (nSPS) is 10.2. The predicted molar refractivity (Wildman–Crippen MR) is 85.8 cm³/mol. The minimum absolute atomic E-state index is 0.115. The fraction of sp³-hybridized carbons (Fsp3) is 0.188. The average Bonchev–Trinajstić information content (AvgIpc) is 2.38. The van der Waals surface area contributed by atoms with E-state index in [0.717, 1.165) is 21.3 Å². The number of carbonyl (C=O) groups excluding carboxylic acids is 1. The van der Waals surface area contributed by atoms with Gasteiger partial charge in [0.15, 0.2) is 0 Å². The largest absolute Gasteiger partial charge is 0.323 e. The lowest BCUT2D eigenvalue weighted by Gasteiger charge is -2.18. The molecule has 104 valence electrons. The Hall–Kier alpha value is -1.81. The molecule has 4 heteroatoms. The Morgan fingerprint density at radius 2 is 1.95 bits per heavy atom. The van der Waals surface area contributed by atoms with Crippen LogP contribution in [0, 0.1) is 6.92 Å². The quantitative estimate of drug-likeness (QED) is 0.886. The first-order valence-corrected chi connectivity index (χ1v) is 7.17. The van der Waals surface area contributed by atoms with Gasteiger partial charge in [-0.25, -0.2) is 4.79 Å². The maximum absolute atomic E-state index is 12.1. The summed E-state index contributed by atoms with van der Waals surface area (Å²) in [5.41, 5.74) is 3.02. The van der Waals surface area contributed by atoms with Crippen LogP contribution in [0.3, 0.4) is 0 Å². The summed E-state index contributed by atoms with van der Waals surface area (Å²) in [6.07, 6.45) is 0. The van der Waals surface area contributed by atoms with Gasteiger partial charge in [0.2, 0.25) is 0 Å². The Bertz CT molecular complexity index is 613. The molecule has 0 fully saturated rings. The Morgan fingerprint density at radius 3 is 2.65 bits per heavy atom. The average molecular weight is 333 g/mol. The summed E-state index contributed by atoms with van der Waals surface area (Å²) >= 11 is 3.43. The zero-order chi connectivity index (χ0) is 14.5. The highest BCUT2D eigenvalue weighted by atomic mass is 79.9. The molecule has 0 radical (unpaired) electrons. The van der Waals surface area contributed by atoms with Gasteiger partial charge in [0.05, 0.1) is 0 Å². The van der Waals surface area contributed by atoms with Gasteiger partial charge in [0, 0.05) is 23.8 Å². The third kappa shape index (κ3) is 4.10. The van der Waals surface area contributed by atoms with Crippen molar-refractivity contribution in [3.05, 3.63) is 64.1 Å². The van der Waals surface area contributed by atoms with Gasteiger partial charge in [-0.15, -0.1) is 0 Å². The standard InChI is InChI=1S/C16H17BrN2O/c1-12-5-3-8-15(9-12)18-16(20)19(2)11-13-6-4-7-14(17)10-13/h3-10H,11H2,1-2H3,(H,18,20). The van der Waals surface area contributed by atoms with Crippen molar-refractivity contribution in [3.63, 3.8) is 0 Å². The molecule has 0 saturated carbocycles. The Morgan fingerprint density at radius 1 is 1.20 bits per heavy atom. The van der Waals surface area contributed by atoms with Gasteiger partial charge in [-0.05, 0) is 42.3 Å². The van der Waals surface area contributed by atoms with Crippen molar-refractivity contribution in [2.24, 2.45) is 0 Å². The minimum atomic E-state index is -0.115. The van der Waals surface area contributed by atoms with Crippen molar-refractivity contribution in [2.45, 2.75) is 13.5 Å². The number of halogens is 1. The van der Waals surface area contributed by atoms with Crippen LogP contribution in [-0.2, 0) is 6.54 Å². The lowest BCUT2D eigenvalue weighted by atomic mass is 10.2. The monoisotopic (exact) mass is 332 g/mol. The second kappa shape index (κ2) is 6.57. The summed E-state index contributed by atoms with van der Waals surface area (Å²) in [5, 5.41) is 2.89. The molecule has 0 spiro atoms. The van der Waals surface area contributed by atoms with Crippen molar-refractivity contribution in [1.29, 1.82) is 0 Å². The first kappa shape index (κ1) is 14.6. The Kier molecular flexibility index (Phi) is 4.79. The summed E-state index contributed by atoms with van der Waals surface area (Å²) in [6, 6.07) is 15.6. The minimum Gasteiger partial charge on any atom is -0.323 e. The predicted octanol–water partition coefficient (Wildman–Crippen LogP) is 4.42. The first-order valence-electron chi connectivity index (χ1n) is 6.38. The van der Waals surface area contributed by atoms with Gasteiger partial charge >= 0.3 is 6.03 Å². The van der Waals surface area contributed by atoms with E-state index in [1.165, 1.54) is 0 Å². The molecule has 20 heavy (non-hydrogen) atoms. The van der Waals surface area contributed by atoms with Crippen LogP contribution in [0.5, 0.6) is 0 Å². The highest BCUT2D eigenvalue weighted by Crippen LogP contribution is 2.14. The van der Waals surface area contributed by atoms with Crippen LogP contribution in [0.25, 0.3) is 0 Å². The number of nitrogens with zero attached hydrogens (tertiary/aromatic N) is 1. The van der Waals surface area contributed by atoms with Gasteiger partial charge in [0.1, 0.15) is 0 Å². The molecule has 0 aliphatic carbocycles. The van der Waals surface area contributed by atoms with Crippen LogP contribution in [0.15, 0.2) is 53.0 Å². The van der Waals surface area contributed by atoms with Crippen molar-refractivity contribution in [1.82, 2.24) is 4.90 Å². The molecule has 2 aromatic carbocycles. The summed E-state index contributed by atoms with van der Waals surface area (Å²) in [4.78, 5) is 13.8. The molecule has 0 heterocycles. The molecular formula is C16H17BrN2O. The van der Waals surface area contributed by atoms with Crippen LogP contribution < -0.4 is 5.32 Å². The lowest BCUT2D eigenvalue weighted by Crippen LogP contribution is -2.30. The number of amides is 2. The van der Waals surface area contributed by atoms with Crippen LogP contribution in [-0.4, -0.2) is 18.0 Å². The maximum Gasteiger partial charge on any atom is 0.321 e. The van der Waals surface area contributed by atoms with Crippen LogP contribution >= 0.6 is 15.9 Å². The third-order valence-electron chi connectivity index (χ3n) is 2.92. The third-order valence-corrected chi connectivity index (χ3v) is 3.42. The van der Waals surface area contributed by atoms with E-state index in [1.54, 1.807) is 11.9 Å². The second-order valence-electron chi connectivity index (χ2n) is 4.79. The summed E-state index contributed by atoms with van der Waals surface area (Å²) in [5.74, 6) is 0. The molecule has 0 atom stereocenters. The van der Waals surface area contributed by atoms with Crippen molar-refractivity contribution in [3.8, 4) is 0 Å². The summed E-state index contributed by atoms with van der Waals surface area (Å²) < 4.78 is 1.02. The molecule has 0 aliphatic heterocycles. The number of rotatable bonds is 3. The Balaban J connectivity index is 1.98. The number of carbonyl (C=O) groups is 1. The van der Waals surface area contributed by atoms with E-state index in [-0.39, 0.29) is 6.03 Å². The summed E-state index contributed by atoms with van der Waals surface area (Å²) in [7, 11) is 1.78. The number of hydrogen-bond donors (Lipinski definition) is 1. The first-order chi connectivity index (χ1) is 9.54. The molecule has 0 aliphatic rings. The number of benzene rings is 2. The number of anilines is 1. The van der Waals surface area contributed by atoms with E-state index in [1.807, 2.05) is 55.5 Å². The van der Waals surface area contributed by atoms with E-state index in [2.05, 4.69) is 21.2 Å². The molecule has 0 bridgehead atoms. The zero-order valence-corrected chi connectivity index (χ0v) is 13.1. The molecule has 1 N–H and O–H groups in total. The molecule has 2 aromatic rings. The van der Waals surface area contributed by atoms with E-state index >= 15 is 0 Å². The molecular weight excluding hydrogens is 316 g/mol. The molecule has 2 amide bonds. The molecule has 3 nitrogen and oxygen atoms in total. The van der Waals surface area contributed by atoms with Crippen LogP contribution in [0.4, 0.5) is 10.5 Å². The highest BCUT2D eigenvalue weighted by Gasteiger charge is 2.09. The van der Waals surface area contributed by atoms with E-state index < -0.39 is 0 Å². The van der Waals surface area contributed by atoms with Crippen LogP contribution in [0.1, 0.15) is 11.1 Å². The van der Waals surface area contributed by atoms with Gasteiger partial charge in [-0.3, -0.25) is 0 Å². The number of nitrogens with one attached hydrogen (secondary N) is 1. The molecule has 0 unspecified atom stereocenters. The number of aryl methyl sites for hydroxylation is 1. The topological polar surface area (TPSA) is 32.3 Å². The molecule has 0 aromatic heterocycles. The van der Waals surface area contributed by atoms with Gasteiger partial charge in [-0.2, -0.15) is 0 Å². The summed E-state index contributed by atoms with van der Waals surface area (Å²) in [6.45, 7) is 2.57. The van der Waals surface area contributed by atoms with E-state index in [9.17, 15) is 4.79 Å². The smallest absolute Gasteiger partial charge is 0.321 e. The van der Waals surface area contributed by atoms with Crippen molar-refractivity contribution < 1.29 is 4.79 Å². The van der Waals surface area contributed by atoms with Crippen molar-refractivity contribution >= 4 is 27.6 Å². The van der Waals surface area contributed by atoms with E-state index in [4.69, 9.17) is 0 Å². The van der Waals surface area contributed by atoms with Crippen LogP contribution in [0.2, 0.25) is 0 Å². The molecule has 0 saturated heterocycles. The highest BCUT2D eigenvalue weighted by molar-refractivity contribution is 9.10. The van der Waals surface area contributed by atoms with E-state index in [0.29, 0.717) is 6.54 Å². The maximum atomic E-state index is 12.1. The number of hydrogen-bond acceptors (Lipinski definition) is 1. The van der Waals surface area contributed by atoms with Crippen molar-refractivity contribution in [2.75, 3.05) is 12.4 Å². The SMILES string of the molecule is Cc1cccc(NC(=O)N(C)Cc2cccc(Br)c2)c1. The van der Waals surface area contributed by atoms with Gasteiger partial charge in [0.25, 0.3) is 0 Å². The Labute approximate surface area is 127 Å². The van der Waals surface area contributed by atoms with Gasteiger partial charge < -0.3 is 10.2 Å². The fourth-order valence-electron chi connectivity index (χ4n) is 1.92. The second-order valence-corrected chi connectivity index (χ2v) is 5.70.